The highest BCUT2D eigenvalue weighted by Gasteiger charge is 2.54. The Labute approximate surface area is 212 Å². The number of fused-ring (bicyclic) bond motifs is 1. The number of β-lactam (4-membered cyclic amide) rings is 1. The number of carboxylic acid groups (broad SMARTS) is 1. The number of hydrogen-bond donors (Lipinski definition) is 5. The van der Waals surface area contributed by atoms with Gasteiger partial charge in [-0.1, -0.05) is 18.5 Å². The van der Waals surface area contributed by atoms with Gasteiger partial charge in [-0.15, -0.1) is 23.1 Å². The summed E-state index contributed by atoms with van der Waals surface area (Å²) in [6.45, 7) is 1.91. The Balaban J connectivity index is 1.75. The van der Waals surface area contributed by atoms with Crippen molar-refractivity contribution in [3.8, 4) is 0 Å². The van der Waals surface area contributed by atoms with Crippen LogP contribution >= 0.6 is 23.1 Å². The number of nitrogens with one attached hydrogen (secondary N) is 2. The van der Waals surface area contributed by atoms with Crippen molar-refractivity contribution in [3.05, 3.63) is 22.3 Å². The summed E-state index contributed by atoms with van der Waals surface area (Å²) < 4.78 is 4.67. The number of thioether (sulfide) groups is 1. The summed E-state index contributed by atoms with van der Waals surface area (Å²) in [6.07, 6.45) is -0.404. The van der Waals surface area contributed by atoms with Crippen molar-refractivity contribution >= 4 is 63.9 Å². The molecule has 1 aromatic rings. The average Bonchev–Trinajstić information content (AvgIpc) is 3.26. The van der Waals surface area contributed by atoms with Crippen LogP contribution in [0.3, 0.4) is 0 Å². The Hall–Kier alpha value is -3.86. The Kier molecular flexibility index (Phi) is 8.70. The smallest absolute Gasteiger partial charge is 0.433 e. The molecule has 36 heavy (non-hydrogen) atoms. The van der Waals surface area contributed by atoms with Crippen LogP contribution in [0.15, 0.2) is 21.8 Å². The molecule has 0 saturated carbocycles. The van der Waals surface area contributed by atoms with Crippen LogP contribution in [-0.4, -0.2) is 81.0 Å². The van der Waals surface area contributed by atoms with Gasteiger partial charge in [-0.25, -0.2) is 19.4 Å². The molecule has 2 aliphatic heterocycles. The van der Waals surface area contributed by atoms with Crippen molar-refractivity contribution in [3.63, 3.8) is 0 Å². The third-order valence-corrected chi connectivity index (χ3v) is 6.94. The number of carbonyl (C=O) groups is 5. The van der Waals surface area contributed by atoms with Crippen molar-refractivity contribution in [2.24, 2.45) is 10.9 Å². The molecule has 0 aromatic carbocycles. The molecule has 15 nitrogen and oxygen atoms in total. The van der Waals surface area contributed by atoms with E-state index in [1.807, 2.05) is 6.92 Å². The fourth-order valence-electron chi connectivity index (χ4n) is 3.25. The maximum Gasteiger partial charge on any atom is 0.433 e. The normalized spacial score (nSPS) is 19.2. The van der Waals surface area contributed by atoms with Gasteiger partial charge in [0, 0.05) is 23.3 Å². The highest BCUT2D eigenvalue weighted by Crippen LogP contribution is 2.40. The summed E-state index contributed by atoms with van der Waals surface area (Å²) in [5.41, 5.74) is 10.0. The first-order valence-corrected chi connectivity index (χ1v) is 12.4. The second-order valence-corrected chi connectivity index (χ2v) is 9.39. The lowest BCUT2D eigenvalue weighted by Crippen LogP contribution is -2.71. The topological polar surface area (TPSA) is 229 Å². The van der Waals surface area contributed by atoms with Gasteiger partial charge >= 0.3 is 18.2 Å². The third kappa shape index (κ3) is 6.03. The molecule has 1 fully saturated rings. The zero-order chi connectivity index (χ0) is 26.4. The molecular formula is C19H23N7O8S2. The third-order valence-electron chi connectivity index (χ3n) is 4.92. The van der Waals surface area contributed by atoms with Crippen LogP contribution in [-0.2, 0) is 24.0 Å². The SMILES string of the molecule is CCCCNC(=O)ON=C(C(=O)NC1C(=O)N2C(C(=O)O)=C(COC(N)=O)CS[C@@H]12)c1csc(N)n1. The first-order chi connectivity index (χ1) is 17.1. The molecule has 0 radical (unpaired) electrons. The van der Waals surface area contributed by atoms with Gasteiger partial charge in [-0.2, -0.15) is 0 Å². The number of carbonyl (C=O) groups excluding carboxylic acids is 4. The van der Waals surface area contributed by atoms with Crippen LogP contribution in [0.5, 0.6) is 0 Å². The minimum Gasteiger partial charge on any atom is -0.477 e. The number of nitrogens with zero attached hydrogens (tertiary/aromatic N) is 3. The van der Waals surface area contributed by atoms with Crippen LogP contribution in [0.2, 0.25) is 0 Å². The second-order valence-electron chi connectivity index (χ2n) is 7.40. The number of oxime groups is 1. The zero-order valence-electron chi connectivity index (χ0n) is 18.9. The van der Waals surface area contributed by atoms with Gasteiger partial charge in [-0.3, -0.25) is 19.3 Å². The molecule has 2 aliphatic rings. The van der Waals surface area contributed by atoms with E-state index in [1.54, 1.807) is 0 Å². The number of nitrogens with two attached hydrogens (primary N) is 2. The lowest BCUT2D eigenvalue weighted by atomic mass is 10.0. The van der Waals surface area contributed by atoms with E-state index in [4.69, 9.17) is 16.3 Å². The monoisotopic (exact) mass is 541 g/mol. The molecule has 3 rings (SSSR count). The number of carboxylic acids is 1. The van der Waals surface area contributed by atoms with Gasteiger partial charge < -0.3 is 31.9 Å². The number of ether oxygens (including phenoxy) is 1. The highest BCUT2D eigenvalue weighted by atomic mass is 32.2. The molecule has 4 amide bonds. The van der Waals surface area contributed by atoms with Crippen molar-refractivity contribution in [2.75, 3.05) is 24.6 Å². The van der Waals surface area contributed by atoms with Crippen molar-refractivity contribution in [1.29, 1.82) is 0 Å². The van der Waals surface area contributed by atoms with E-state index in [-0.39, 0.29) is 27.8 Å². The number of anilines is 1. The van der Waals surface area contributed by atoms with Crippen LogP contribution in [0.1, 0.15) is 25.5 Å². The number of thiazole rings is 1. The first kappa shape index (κ1) is 26.7. The van der Waals surface area contributed by atoms with Crippen LogP contribution in [0.25, 0.3) is 0 Å². The fraction of sp³-hybridized carbons (Fsp3) is 0.421. The number of aliphatic carboxylic acids is 1. The largest absolute Gasteiger partial charge is 0.477 e. The van der Waals surface area contributed by atoms with E-state index in [0.29, 0.717) is 6.54 Å². The number of unbranched alkanes of at least 4 members (excludes halogenated alkanes) is 1. The van der Waals surface area contributed by atoms with Gasteiger partial charge in [0.2, 0.25) is 0 Å². The summed E-state index contributed by atoms with van der Waals surface area (Å²) in [4.78, 5) is 70.1. The molecule has 1 aromatic heterocycles. The van der Waals surface area contributed by atoms with Crippen molar-refractivity contribution in [1.82, 2.24) is 20.5 Å². The quantitative estimate of drug-likeness (QED) is 0.0855. The maximum absolute atomic E-state index is 13.0. The predicted octanol–water partition coefficient (Wildman–Crippen LogP) is -0.210. The standard InChI is InChI=1S/C19H23N7O8S2/c1-2-3-4-22-19(32)34-25-10(9-7-36-17(20)23-9)13(27)24-11-14(28)26-12(16(29)30)8(5-33-18(21)31)6-35-15(11)26/h7,11,15H,2-6H2,1H3,(H2,20,23)(H2,21,31)(H,22,32)(H,24,27)(H,29,30)/t11?,15-/m0/s1. The number of aromatic nitrogens is 1. The molecule has 17 heteroatoms. The minimum absolute atomic E-state index is 0.0216. The zero-order valence-corrected chi connectivity index (χ0v) is 20.5. The van der Waals surface area contributed by atoms with Crippen LogP contribution in [0.4, 0.5) is 14.7 Å². The lowest BCUT2D eigenvalue weighted by molar-refractivity contribution is -0.150. The molecule has 7 N–H and O–H groups in total. The molecule has 3 heterocycles. The molecule has 1 unspecified atom stereocenters. The van der Waals surface area contributed by atoms with Gasteiger partial charge in [0.1, 0.15) is 29.4 Å². The number of hydrogen-bond acceptors (Lipinski definition) is 12. The lowest BCUT2D eigenvalue weighted by Gasteiger charge is -2.49. The molecule has 194 valence electrons. The second kappa shape index (κ2) is 11.7. The predicted molar refractivity (Wildman–Crippen MR) is 128 cm³/mol. The Morgan fingerprint density at radius 2 is 2.11 bits per heavy atom. The first-order valence-electron chi connectivity index (χ1n) is 10.5. The van der Waals surface area contributed by atoms with Crippen LogP contribution < -0.4 is 22.1 Å². The Morgan fingerprint density at radius 3 is 2.72 bits per heavy atom. The van der Waals surface area contributed by atoms with E-state index in [1.165, 1.54) is 5.38 Å². The summed E-state index contributed by atoms with van der Waals surface area (Å²) >= 11 is 2.18. The van der Waals surface area contributed by atoms with E-state index in [0.717, 1.165) is 40.8 Å². The molecule has 2 atom stereocenters. The summed E-state index contributed by atoms with van der Waals surface area (Å²) in [6, 6.07) is -1.10. The van der Waals surface area contributed by atoms with E-state index >= 15 is 0 Å². The summed E-state index contributed by atoms with van der Waals surface area (Å²) in [5, 5.41) is 19.0. The fourth-order valence-corrected chi connectivity index (χ4v) is 5.12. The van der Waals surface area contributed by atoms with Crippen molar-refractivity contribution < 1.29 is 38.7 Å². The molecule has 1 saturated heterocycles. The maximum atomic E-state index is 13.0. The number of primary amides is 1. The minimum atomic E-state index is -1.40. The number of amides is 4. The highest BCUT2D eigenvalue weighted by molar-refractivity contribution is 8.00. The molecule has 0 aliphatic carbocycles. The Morgan fingerprint density at radius 1 is 1.36 bits per heavy atom. The molecule has 0 bridgehead atoms. The summed E-state index contributed by atoms with van der Waals surface area (Å²) in [7, 11) is 0. The molecule has 0 spiro atoms. The summed E-state index contributed by atoms with van der Waals surface area (Å²) in [5.74, 6) is -2.88. The Bertz CT molecular complexity index is 1130. The number of nitrogen functional groups attached to an aromatic ring is 1. The van der Waals surface area contributed by atoms with Crippen molar-refractivity contribution in [2.45, 2.75) is 31.2 Å². The van der Waals surface area contributed by atoms with Crippen LogP contribution in [0, 0.1) is 0 Å². The number of rotatable bonds is 10. The van der Waals surface area contributed by atoms with Gasteiger partial charge in [-0.05, 0) is 6.42 Å². The van der Waals surface area contributed by atoms with E-state index < -0.39 is 53.7 Å². The van der Waals surface area contributed by atoms with E-state index in [2.05, 4.69) is 25.5 Å². The van der Waals surface area contributed by atoms with Gasteiger partial charge in [0.05, 0.1) is 0 Å². The van der Waals surface area contributed by atoms with Gasteiger partial charge in [0.15, 0.2) is 10.8 Å². The molecular weight excluding hydrogens is 518 g/mol. The van der Waals surface area contributed by atoms with E-state index in [9.17, 15) is 29.1 Å². The average molecular weight is 542 g/mol. The van der Waals surface area contributed by atoms with Gasteiger partial charge in [0.25, 0.3) is 11.8 Å².